The molecule has 0 aliphatic rings. The smallest absolute Gasteiger partial charge is 0.160 e. The van der Waals surface area contributed by atoms with Gasteiger partial charge < -0.3 is 14.9 Å². The Morgan fingerprint density at radius 3 is 2.32 bits per heavy atom. The fourth-order valence-corrected chi connectivity index (χ4v) is 1.91. The Bertz CT molecular complexity index is 496. The van der Waals surface area contributed by atoms with Crippen molar-refractivity contribution >= 4 is 0 Å². The summed E-state index contributed by atoms with van der Waals surface area (Å²) in [5, 5.41) is 19.0. The Morgan fingerprint density at radius 1 is 0.947 bits per heavy atom. The van der Waals surface area contributed by atoms with Crippen molar-refractivity contribution < 1.29 is 14.9 Å². The van der Waals surface area contributed by atoms with Gasteiger partial charge in [0.05, 0.1) is 6.61 Å². The summed E-state index contributed by atoms with van der Waals surface area (Å²) >= 11 is 0. The van der Waals surface area contributed by atoms with Crippen LogP contribution in [0.25, 0.3) is 0 Å². The highest BCUT2D eigenvalue weighted by Crippen LogP contribution is 2.25. The Balaban J connectivity index is 1.91. The van der Waals surface area contributed by atoms with Gasteiger partial charge in [0.15, 0.2) is 11.5 Å². The number of aliphatic hydroxyl groups is 1. The van der Waals surface area contributed by atoms with Crippen LogP contribution in [0.3, 0.4) is 0 Å². The number of hydrogen-bond donors (Lipinski definition) is 2. The number of ether oxygens (including phenoxy) is 1. The van der Waals surface area contributed by atoms with Crippen molar-refractivity contribution in [1.29, 1.82) is 0 Å². The maximum atomic E-state index is 9.60. The van der Waals surface area contributed by atoms with Gasteiger partial charge in [0.25, 0.3) is 0 Å². The molecule has 0 heterocycles. The molecule has 0 aromatic heterocycles. The Kier molecular flexibility index (Phi) is 4.81. The standard InChI is InChI=1S/C16H18O3/c17-11-14(10-13-6-2-1-3-7-13)12-19-16-9-5-4-8-15(16)18/h1-9,14,17-18H,10-12H2. The monoisotopic (exact) mass is 258 g/mol. The molecule has 3 heteroatoms. The second kappa shape index (κ2) is 6.81. The summed E-state index contributed by atoms with van der Waals surface area (Å²) in [7, 11) is 0. The number of phenols is 1. The molecular weight excluding hydrogens is 240 g/mol. The van der Waals surface area contributed by atoms with Crippen LogP contribution < -0.4 is 4.74 Å². The number of para-hydroxylation sites is 2. The van der Waals surface area contributed by atoms with E-state index in [0.29, 0.717) is 12.4 Å². The van der Waals surface area contributed by atoms with Gasteiger partial charge in [-0.1, -0.05) is 42.5 Å². The van der Waals surface area contributed by atoms with Gasteiger partial charge >= 0.3 is 0 Å². The van der Waals surface area contributed by atoms with E-state index in [4.69, 9.17) is 4.74 Å². The van der Waals surface area contributed by atoms with Crippen LogP contribution in [0.2, 0.25) is 0 Å². The molecule has 2 rings (SSSR count). The number of hydrogen-bond acceptors (Lipinski definition) is 3. The van der Waals surface area contributed by atoms with E-state index in [1.165, 1.54) is 5.56 Å². The molecule has 0 spiro atoms. The first kappa shape index (κ1) is 13.4. The second-order valence-corrected chi connectivity index (χ2v) is 4.52. The average Bonchev–Trinajstić information content (AvgIpc) is 2.46. The predicted molar refractivity (Wildman–Crippen MR) is 74.3 cm³/mol. The topological polar surface area (TPSA) is 49.7 Å². The van der Waals surface area contributed by atoms with Crippen molar-refractivity contribution in [2.75, 3.05) is 13.2 Å². The quantitative estimate of drug-likeness (QED) is 0.837. The molecular formula is C16H18O3. The van der Waals surface area contributed by atoms with E-state index in [1.807, 2.05) is 30.3 Å². The highest BCUT2D eigenvalue weighted by Gasteiger charge is 2.11. The van der Waals surface area contributed by atoms with Crippen LogP contribution in [0, 0.1) is 5.92 Å². The molecule has 2 N–H and O–H groups in total. The molecule has 0 aliphatic heterocycles. The Labute approximate surface area is 113 Å². The first-order chi connectivity index (χ1) is 9.29. The summed E-state index contributed by atoms with van der Waals surface area (Å²) in [6.45, 7) is 0.436. The van der Waals surface area contributed by atoms with Crippen molar-refractivity contribution in [2.24, 2.45) is 5.92 Å². The molecule has 19 heavy (non-hydrogen) atoms. The number of aliphatic hydroxyl groups excluding tert-OH is 1. The number of phenolic OH excluding ortho intramolecular Hbond substituents is 1. The van der Waals surface area contributed by atoms with Gasteiger partial charge in [0.1, 0.15) is 0 Å². The van der Waals surface area contributed by atoms with Crippen LogP contribution in [0.4, 0.5) is 0 Å². The van der Waals surface area contributed by atoms with Gasteiger partial charge in [0.2, 0.25) is 0 Å². The van der Waals surface area contributed by atoms with Gasteiger partial charge in [-0.3, -0.25) is 0 Å². The summed E-state index contributed by atoms with van der Waals surface area (Å²) in [5.74, 6) is 0.593. The lowest BCUT2D eigenvalue weighted by Gasteiger charge is -2.16. The summed E-state index contributed by atoms with van der Waals surface area (Å²) in [4.78, 5) is 0. The zero-order valence-corrected chi connectivity index (χ0v) is 10.7. The molecule has 0 saturated carbocycles. The van der Waals surface area contributed by atoms with Gasteiger partial charge in [-0.25, -0.2) is 0 Å². The van der Waals surface area contributed by atoms with Crippen LogP contribution in [0.15, 0.2) is 54.6 Å². The van der Waals surface area contributed by atoms with Crippen LogP contribution in [0.5, 0.6) is 11.5 Å². The summed E-state index contributed by atoms with van der Waals surface area (Å²) in [6.07, 6.45) is 0.755. The molecule has 0 fully saturated rings. The fraction of sp³-hybridized carbons (Fsp3) is 0.250. The fourth-order valence-electron chi connectivity index (χ4n) is 1.91. The highest BCUT2D eigenvalue weighted by molar-refractivity contribution is 5.37. The first-order valence-corrected chi connectivity index (χ1v) is 6.35. The number of rotatable bonds is 6. The molecule has 3 nitrogen and oxygen atoms in total. The SMILES string of the molecule is OCC(COc1ccccc1O)Cc1ccccc1. The summed E-state index contributed by atoms with van der Waals surface area (Å²) < 4.78 is 5.55. The molecule has 100 valence electrons. The van der Waals surface area contributed by atoms with Crippen LogP contribution >= 0.6 is 0 Å². The van der Waals surface area contributed by atoms with Crippen molar-refractivity contribution in [3.8, 4) is 11.5 Å². The molecule has 0 radical (unpaired) electrons. The van der Waals surface area contributed by atoms with Crippen molar-refractivity contribution in [2.45, 2.75) is 6.42 Å². The van der Waals surface area contributed by atoms with E-state index in [2.05, 4.69) is 0 Å². The van der Waals surface area contributed by atoms with E-state index in [0.717, 1.165) is 6.42 Å². The predicted octanol–water partition coefficient (Wildman–Crippen LogP) is 2.62. The lowest BCUT2D eigenvalue weighted by atomic mass is 10.0. The lowest BCUT2D eigenvalue weighted by Crippen LogP contribution is -2.18. The molecule has 0 bridgehead atoms. The largest absolute Gasteiger partial charge is 0.504 e. The van der Waals surface area contributed by atoms with E-state index < -0.39 is 0 Å². The van der Waals surface area contributed by atoms with Crippen LogP contribution in [-0.2, 0) is 6.42 Å². The highest BCUT2D eigenvalue weighted by atomic mass is 16.5. The van der Waals surface area contributed by atoms with Crippen molar-refractivity contribution in [3.63, 3.8) is 0 Å². The Morgan fingerprint density at radius 2 is 1.63 bits per heavy atom. The number of benzene rings is 2. The third-order valence-electron chi connectivity index (χ3n) is 2.97. The summed E-state index contributed by atoms with van der Waals surface area (Å²) in [6, 6.07) is 16.8. The number of aromatic hydroxyl groups is 1. The van der Waals surface area contributed by atoms with Crippen molar-refractivity contribution in [3.05, 3.63) is 60.2 Å². The zero-order valence-electron chi connectivity index (χ0n) is 10.7. The third kappa shape index (κ3) is 4.00. The Hall–Kier alpha value is -2.00. The van der Waals surface area contributed by atoms with Crippen LogP contribution in [-0.4, -0.2) is 23.4 Å². The normalized spacial score (nSPS) is 12.1. The van der Waals surface area contributed by atoms with E-state index in [9.17, 15) is 10.2 Å². The molecule has 0 aliphatic carbocycles. The minimum atomic E-state index is 0.0157. The first-order valence-electron chi connectivity index (χ1n) is 6.35. The molecule has 2 aromatic rings. The zero-order chi connectivity index (χ0) is 13.5. The van der Waals surface area contributed by atoms with Crippen molar-refractivity contribution in [1.82, 2.24) is 0 Å². The molecule has 1 atom stereocenters. The molecule has 2 aromatic carbocycles. The van der Waals surface area contributed by atoms with Gasteiger partial charge in [0, 0.05) is 12.5 Å². The van der Waals surface area contributed by atoms with E-state index in [-0.39, 0.29) is 18.3 Å². The maximum absolute atomic E-state index is 9.60. The second-order valence-electron chi connectivity index (χ2n) is 4.52. The maximum Gasteiger partial charge on any atom is 0.160 e. The van der Waals surface area contributed by atoms with Gasteiger partial charge in [-0.2, -0.15) is 0 Å². The van der Waals surface area contributed by atoms with Gasteiger partial charge in [-0.05, 0) is 24.1 Å². The van der Waals surface area contributed by atoms with E-state index in [1.54, 1.807) is 24.3 Å². The average molecular weight is 258 g/mol. The summed E-state index contributed by atoms with van der Waals surface area (Å²) in [5.41, 5.74) is 1.17. The minimum Gasteiger partial charge on any atom is -0.504 e. The molecule has 0 saturated heterocycles. The minimum absolute atomic E-state index is 0.0157. The van der Waals surface area contributed by atoms with Crippen LogP contribution in [0.1, 0.15) is 5.56 Å². The lowest BCUT2D eigenvalue weighted by molar-refractivity contribution is 0.160. The molecule has 1 unspecified atom stereocenters. The molecule has 0 amide bonds. The van der Waals surface area contributed by atoms with Gasteiger partial charge in [-0.15, -0.1) is 0 Å². The third-order valence-corrected chi connectivity index (χ3v) is 2.97. The van der Waals surface area contributed by atoms with E-state index >= 15 is 0 Å².